The summed E-state index contributed by atoms with van der Waals surface area (Å²) in [4.78, 5) is 14.3. The van der Waals surface area contributed by atoms with Crippen LogP contribution in [0.15, 0.2) is 42.5 Å². The Morgan fingerprint density at radius 1 is 1.00 bits per heavy atom. The standard InChI is InChI=1S/C15H13Cl3N2O.ClH/c16-10-4-6-11(7-5-10)20(9-8-19)15(21)14-12(17)2-1-3-13(14)18;/h1-7H,8-9,19H2;1H. The lowest BCUT2D eigenvalue weighted by Crippen LogP contribution is -2.35. The second-order valence-corrected chi connectivity index (χ2v) is 5.57. The maximum Gasteiger partial charge on any atom is 0.261 e. The molecule has 0 aromatic heterocycles. The van der Waals surface area contributed by atoms with Crippen LogP contribution in [0.2, 0.25) is 15.1 Å². The average Bonchev–Trinajstić information content (AvgIpc) is 2.45. The third-order valence-corrected chi connectivity index (χ3v) is 3.79. The Hall–Kier alpha value is -0.970. The Morgan fingerprint density at radius 2 is 1.55 bits per heavy atom. The predicted octanol–water partition coefficient (Wildman–Crippen LogP) is 4.67. The molecular weight excluding hydrogens is 366 g/mol. The predicted molar refractivity (Wildman–Crippen MR) is 95.9 cm³/mol. The van der Waals surface area contributed by atoms with E-state index in [2.05, 4.69) is 0 Å². The monoisotopic (exact) mass is 378 g/mol. The number of hydrogen-bond donors (Lipinski definition) is 1. The van der Waals surface area contributed by atoms with Crippen LogP contribution in [0.5, 0.6) is 0 Å². The van der Waals surface area contributed by atoms with E-state index in [1.807, 2.05) is 0 Å². The Morgan fingerprint density at radius 3 is 2.05 bits per heavy atom. The van der Waals surface area contributed by atoms with Gasteiger partial charge in [-0.05, 0) is 36.4 Å². The number of carbonyl (C=O) groups is 1. The van der Waals surface area contributed by atoms with E-state index in [0.29, 0.717) is 33.8 Å². The van der Waals surface area contributed by atoms with Gasteiger partial charge < -0.3 is 10.6 Å². The first-order valence-electron chi connectivity index (χ1n) is 6.26. The second kappa shape index (κ2) is 8.61. The van der Waals surface area contributed by atoms with Crippen molar-refractivity contribution >= 4 is 58.8 Å². The summed E-state index contributed by atoms with van der Waals surface area (Å²) in [5.74, 6) is -0.293. The van der Waals surface area contributed by atoms with Crippen molar-refractivity contribution in [3.8, 4) is 0 Å². The van der Waals surface area contributed by atoms with Crippen LogP contribution in [-0.4, -0.2) is 19.0 Å². The number of carbonyl (C=O) groups excluding carboxylic acids is 1. The van der Waals surface area contributed by atoms with Crippen molar-refractivity contribution in [3.05, 3.63) is 63.1 Å². The zero-order valence-corrected chi connectivity index (χ0v) is 14.5. The number of rotatable bonds is 4. The summed E-state index contributed by atoms with van der Waals surface area (Å²) in [5.41, 5.74) is 6.56. The number of nitrogens with zero attached hydrogens (tertiary/aromatic N) is 1. The van der Waals surface area contributed by atoms with Gasteiger partial charge in [0.2, 0.25) is 0 Å². The molecule has 0 spiro atoms. The maximum atomic E-state index is 12.7. The summed E-state index contributed by atoms with van der Waals surface area (Å²) < 4.78 is 0. The van der Waals surface area contributed by atoms with Crippen molar-refractivity contribution in [1.82, 2.24) is 0 Å². The summed E-state index contributed by atoms with van der Waals surface area (Å²) in [6.07, 6.45) is 0. The first-order chi connectivity index (χ1) is 10.0. The fraction of sp³-hybridized carbons (Fsp3) is 0.133. The molecule has 0 unspecified atom stereocenters. The molecule has 2 aromatic carbocycles. The van der Waals surface area contributed by atoms with Gasteiger partial charge in [-0.1, -0.05) is 40.9 Å². The molecule has 7 heteroatoms. The van der Waals surface area contributed by atoms with Gasteiger partial charge in [0.1, 0.15) is 0 Å². The molecule has 0 radical (unpaired) electrons. The quantitative estimate of drug-likeness (QED) is 0.838. The van der Waals surface area contributed by atoms with Crippen LogP contribution in [0.4, 0.5) is 5.69 Å². The van der Waals surface area contributed by atoms with Crippen LogP contribution in [0.3, 0.4) is 0 Å². The molecule has 22 heavy (non-hydrogen) atoms. The van der Waals surface area contributed by atoms with Crippen LogP contribution < -0.4 is 10.6 Å². The highest BCUT2D eigenvalue weighted by Crippen LogP contribution is 2.28. The van der Waals surface area contributed by atoms with Gasteiger partial charge in [0.25, 0.3) is 5.91 Å². The molecule has 0 saturated carbocycles. The molecule has 2 aromatic rings. The number of halogens is 4. The van der Waals surface area contributed by atoms with Crippen LogP contribution in [0, 0.1) is 0 Å². The van der Waals surface area contributed by atoms with Crippen molar-refractivity contribution in [2.24, 2.45) is 5.73 Å². The summed E-state index contributed by atoms with van der Waals surface area (Å²) in [7, 11) is 0. The van der Waals surface area contributed by atoms with Gasteiger partial charge in [0, 0.05) is 23.8 Å². The summed E-state index contributed by atoms with van der Waals surface area (Å²) in [5, 5.41) is 1.21. The van der Waals surface area contributed by atoms with Crippen molar-refractivity contribution < 1.29 is 4.79 Å². The first-order valence-corrected chi connectivity index (χ1v) is 7.39. The highest BCUT2D eigenvalue weighted by atomic mass is 35.5. The summed E-state index contributed by atoms with van der Waals surface area (Å²) in [6.45, 7) is 0.665. The zero-order valence-electron chi connectivity index (χ0n) is 11.4. The van der Waals surface area contributed by atoms with Gasteiger partial charge in [-0.3, -0.25) is 4.79 Å². The molecule has 0 aliphatic heterocycles. The zero-order chi connectivity index (χ0) is 15.4. The van der Waals surface area contributed by atoms with Gasteiger partial charge in [-0.2, -0.15) is 0 Å². The average molecular weight is 380 g/mol. The van der Waals surface area contributed by atoms with Crippen molar-refractivity contribution in [2.45, 2.75) is 0 Å². The Balaban J connectivity index is 0.00000242. The largest absolute Gasteiger partial charge is 0.329 e. The van der Waals surface area contributed by atoms with Gasteiger partial charge in [-0.25, -0.2) is 0 Å². The molecule has 3 nitrogen and oxygen atoms in total. The van der Waals surface area contributed by atoms with E-state index in [-0.39, 0.29) is 23.9 Å². The molecular formula is C15H14Cl4N2O. The lowest BCUT2D eigenvalue weighted by atomic mass is 10.1. The van der Waals surface area contributed by atoms with E-state index in [0.717, 1.165) is 0 Å². The summed E-state index contributed by atoms with van der Waals surface area (Å²) >= 11 is 18.1. The van der Waals surface area contributed by atoms with E-state index in [4.69, 9.17) is 40.5 Å². The maximum absolute atomic E-state index is 12.7. The SMILES string of the molecule is Cl.NCCN(C(=O)c1c(Cl)cccc1Cl)c1ccc(Cl)cc1. The van der Waals surface area contributed by atoms with Crippen LogP contribution in [-0.2, 0) is 0 Å². The van der Waals surface area contributed by atoms with E-state index in [1.165, 1.54) is 4.90 Å². The molecule has 0 bridgehead atoms. The molecule has 0 saturated heterocycles. The number of hydrogen-bond acceptors (Lipinski definition) is 2. The Bertz CT molecular complexity index is 626. The molecule has 2 rings (SSSR count). The van der Waals surface area contributed by atoms with E-state index >= 15 is 0 Å². The number of anilines is 1. The fourth-order valence-electron chi connectivity index (χ4n) is 1.94. The minimum Gasteiger partial charge on any atom is -0.329 e. The van der Waals surface area contributed by atoms with E-state index in [1.54, 1.807) is 42.5 Å². The smallest absolute Gasteiger partial charge is 0.261 e. The van der Waals surface area contributed by atoms with E-state index < -0.39 is 0 Å². The normalized spacial score (nSPS) is 10.0. The molecule has 1 amide bonds. The van der Waals surface area contributed by atoms with E-state index in [9.17, 15) is 4.79 Å². The van der Waals surface area contributed by atoms with Gasteiger partial charge in [0.05, 0.1) is 15.6 Å². The lowest BCUT2D eigenvalue weighted by molar-refractivity contribution is 0.0988. The molecule has 118 valence electrons. The fourth-order valence-corrected chi connectivity index (χ4v) is 2.62. The molecule has 0 atom stereocenters. The van der Waals surface area contributed by atoms with Gasteiger partial charge >= 0.3 is 0 Å². The first kappa shape index (κ1) is 19.1. The third-order valence-electron chi connectivity index (χ3n) is 2.91. The number of nitrogens with two attached hydrogens (primary N) is 1. The number of amides is 1. The number of benzene rings is 2. The van der Waals surface area contributed by atoms with Gasteiger partial charge in [0.15, 0.2) is 0 Å². The Kier molecular flexibility index (Phi) is 7.46. The third kappa shape index (κ3) is 4.28. The lowest BCUT2D eigenvalue weighted by Gasteiger charge is -2.23. The van der Waals surface area contributed by atoms with Crippen molar-refractivity contribution in [3.63, 3.8) is 0 Å². The van der Waals surface area contributed by atoms with Crippen molar-refractivity contribution in [1.29, 1.82) is 0 Å². The van der Waals surface area contributed by atoms with Gasteiger partial charge in [-0.15, -0.1) is 12.4 Å². The molecule has 0 heterocycles. The highest BCUT2D eigenvalue weighted by molar-refractivity contribution is 6.40. The van der Waals surface area contributed by atoms with Crippen LogP contribution >= 0.6 is 47.2 Å². The topological polar surface area (TPSA) is 46.3 Å². The Labute approximate surface area is 150 Å². The van der Waals surface area contributed by atoms with Crippen LogP contribution in [0.25, 0.3) is 0 Å². The molecule has 0 aliphatic carbocycles. The minimum absolute atomic E-state index is 0. The van der Waals surface area contributed by atoms with Crippen molar-refractivity contribution in [2.75, 3.05) is 18.0 Å². The van der Waals surface area contributed by atoms with Crippen LogP contribution in [0.1, 0.15) is 10.4 Å². The second-order valence-electron chi connectivity index (χ2n) is 4.32. The highest BCUT2D eigenvalue weighted by Gasteiger charge is 2.22. The summed E-state index contributed by atoms with van der Waals surface area (Å²) in [6, 6.07) is 11.9. The minimum atomic E-state index is -0.293. The molecule has 0 aliphatic rings. The molecule has 0 fully saturated rings. The molecule has 2 N–H and O–H groups in total.